The van der Waals surface area contributed by atoms with Crippen molar-refractivity contribution in [2.75, 3.05) is 48.6 Å². The van der Waals surface area contributed by atoms with Crippen LogP contribution in [0.25, 0.3) is 0 Å². The van der Waals surface area contributed by atoms with Gasteiger partial charge in [-0.3, -0.25) is 0 Å². The van der Waals surface area contributed by atoms with E-state index in [1.807, 2.05) is 9.80 Å². The highest BCUT2D eigenvalue weighted by Gasteiger charge is 2.40. The highest BCUT2D eigenvalue weighted by molar-refractivity contribution is 4.78. The standard InChI is InChI=1S/C9H20N2O4/c1-12-6-10-5-11(7-13-2)9(15-4)8(10)14-3/h8-9H,5-7H2,1-4H3. The first-order valence-corrected chi connectivity index (χ1v) is 4.80. The van der Waals surface area contributed by atoms with Crippen LogP contribution in [-0.4, -0.2) is 70.8 Å². The first kappa shape index (κ1) is 12.8. The molecule has 6 nitrogen and oxygen atoms in total. The van der Waals surface area contributed by atoms with Gasteiger partial charge in [0, 0.05) is 28.4 Å². The second-order valence-corrected chi connectivity index (χ2v) is 3.41. The van der Waals surface area contributed by atoms with Crippen molar-refractivity contribution in [3.05, 3.63) is 0 Å². The fraction of sp³-hybridized carbons (Fsp3) is 1.00. The lowest BCUT2D eigenvalue weighted by atomic mass is 10.5. The van der Waals surface area contributed by atoms with Gasteiger partial charge in [0.2, 0.25) is 0 Å². The van der Waals surface area contributed by atoms with E-state index >= 15 is 0 Å². The Labute approximate surface area is 90.6 Å². The van der Waals surface area contributed by atoms with E-state index < -0.39 is 0 Å². The number of hydrogen-bond donors (Lipinski definition) is 0. The van der Waals surface area contributed by atoms with Crippen LogP contribution in [-0.2, 0) is 18.9 Å². The first-order chi connectivity index (χ1) is 7.28. The summed E-state index contributed by atoms with van der Waals surface area (Å²) in [7, 11) is 6.65. The highest BCUT2D eigenvalue weighted by Crippen LogP contribution is 2.21. The molecule has 1 aliphatic heterocycles. The topological polar surface area (TPSA) is 43.4 Å². The fourth-order valence-corrected chi connectivity index (χ4v) is 1.85. The summed E-state index contributed by atoms with van der Waals surface area (Å²) in [5, 5.41) is 0. The van der Waals surface area contributed by atoms with Gasteiger partial charge in [-0.05, 0) is 0 Å². The Morgan fingerprint density at radius 1 is 0.867 bits per heavy atom. The van der Waals surface area contributed by atoms with Crippen LogP contribution in [0.15, 0.2) is 0 Å². The SMILES string of the molecule is COCN1CN(COC)C(OC)C1OC. The molecule has 0 spiro atoms. The summed E-state index contributed by atoms with van der Waals surface area (Å²) >= 11 is 0. The average molecular weight is 220 g/mol. The molecule has 1 aliphatic rings. The van der Waals surface area contributed by atoms with Gasteiger partial charge in [0.05, 0.1) is 6.67 Å². The van der Waals surface area contributed by atoms with Crippen molar-refractivity contribution < 1.29 is 18.9 Å². The molecule has 1 heterocycles. The molecule has 1 saturated heterocycles. The molecule has 0 bridgehead atoms. The Balaban J connectivity index is 2.62. The molecule has 0 aromatic rings. The number of methoxy groups -OCH3 is 4. The largest absolute Gasteiger partial charge is 0.369 e. The van der Waals surface area contributed by atoms with Gasteiger partial charge >= 0.3 is 0 Å². The predicted molar refractivity (Wildman–Crippen MR) is 53.9 cm³/mol. The average Bonchev–Trinajstić information content (AvgIpc) is 2.56. The monoisotopic (exact) mass is 220 g/mol. The molecule has 1 rings (SSSR count). The fourth-order valence-electron chi connectivity index (χ4n) is 1.85. The van der Waals surface area contributed by atoms with E-state index in [-0.39, 0.29) is 12.5 Å². The van der Waals surface area contributed by atoms with Gasteiger partial charge in [0.25, 0.3) is 0 Å². The van der Waals surface area contributed by atoms with Crippen LogP contribution in [0.1, 0.15) is 0 Å². The van der Waals surface area contributed by atoms with E-state index in [0.717, 1.165) is 0 Å². The third kappa shape index (κ3) is 2.87. The third-order valence-corrected chi connectivity index (χ3v) is 2.40. The zero-order chi connectivity index (χ0) is 11.3. The van der Waals surface area contributed by atoms with Gasteiger partial charge in [-0.15, -0.1) is 0 Å². The molecule has 0 amide bonds. The summed E-state index contributed by atoms with van der Waals surface area (Å²) in [4.78, 5) is 4.07. The lowest BCUT2D eigenvalue weighted by Crippen LogP contribution is -2.41. The van der Waals surface area contributed by atoms with E-state index in [1.54, 1.807) is 28.4 Å². The van der Waals surface area contributed by atoms with Crippen LogP contribution < -0.4 is 0 Å². The molecule has 0 aliphatic carbocycles. The van der Waals surface area contributed by atoms with Crippen LogP contribution in [0.2, 0.25) is 0 Å². The zero-order valence-electron chi connectivity index (χ0n) is 9.80. The second-order valence-electron chi connectivity index (χ2n) is 3.41. The molecule has 0 N–H and O–H groups in total. The molecule has 6 heteroatoms. The summed E-state index contributed by atoms with van der Waals surface area (Å²) in [5.41, 5.74) is 0. The van der Waals surface area contributed by atoms with Gasteiger partial charge in [-0.25, -0.2) is 9.80 Å². The van der Waals surface area contributed by atoms with Crippen LogP contribution in [0.5, 0.6) is 0 Å². The van der Waals surface area contributed by atoms with Crippen LogP contribution in [0.3, 0.4) is 0 Å². The maximum Gasteiger partial charge on any atom is 0.153 e. The minimum absolute atomic E-state index is 0.120. The van der Waals surface area contributed by atoms with Crippen molar-refractivity contribution in [1.82, 2.24) is 9.80 Å². The molecular formula is C9H20N2O4. The Bertz CT molecular complexity index is 163. The molecule has 0 aromatic heterocycles. The summed E-state index contributed by atoms with van der Waals surface area (Å²) in [5.74, 6) is 0. The van der Waals surface area contributed by atoms with Gasteiger partial charge in [0.1, 0.15) is 13.5 Å². The van der Waals surface area contributed by atoms with E-state index in [2.05, 4.69) is 0 Å². The van der Waals surface area contributed by atoms with Crippen LogP contribution in [0.4, 0.5) is 0 Å². The van der Waals surface area contributed by atoms with Crippen molar-refractivity contribution in [2.45, 2.75) is 12.5 Å². The number of ether oxygens (including phenoxy) is 4. The summed E-state index contributed by atoms with van der Waals surface area (Å²) in [6.45, 7) is 1.73. The van der Waals surface area contributed by atoms with Crippen molar-refractivity contribution >= 4 is 0 Å². The smallest absolute Gasteiger partial charge is 0.153 e. The lowest BCUT2D eigenvalue weighted by molar-refractivity contribution is -0.132. The summed E-state index contributed by atoms with van der Waals surface area (Å²) in [6.07, 6.45) is -0.241. The van der Waals surface area contributed by atoms with Gasteiger partial charge < -0.3 is 18.9 Å². The Morgan fingerprint density at radius 2 is 1.27 bits per heavy atom. The molecule has 1 fully saturated rings. The lowest BCUT2D eigenvalue weighted by Gasteiger charge is -2.25. The van der Waals surface area contributed by atoms with Crippen molar-refractivity contribution in [3.63, 3.8) is 0 Å². The minimum atomic E-state index is -0.120. The minimum Gasteiger partial charge on any atom is -0.369 e. The van der Waals surface area contributed by atoms with Gasteiger partial charge in [-0.2, -0.15) is 0 Å². The van der Waals surface area contributed by atoms with E-state index in [1.165, 1.54) is 0 Å². The van der Waals surface area contributed by atoms with Gasteiger partial charge in [0.15, 0.2) is 12.5 Å². The maximum absolute atomic E-state index is 5.38. The maximum atomic E-state index is 5.38. The molecule has 15 heavy (non-hydrogen) atoms. The van der Waals surface area contributed by atoms with E-state index in [0.29, 0.717) is 20.1 Å². The van der Waals surface area contributed by atoms with Crippen LogP contribution >= 0.6 is 0 Å². The Morgan fingerprint density at radius 3 is 1.53 bits per heavy atom. The number of nitrogens with zero attached hydrogens (tertiary/aromatic N) is 2. The highest BCUT2D eigenvalue weighted by atomic mass is 16.6. The van der Waals surface area contributed by atoms with E-state index in [9.17, 15) is 0 Å². The van der Waals surface area contributed by atoms with Gasteiger partial charge in [-0.1, -0.05) is 0 Å². The summed E-state index contributed by atoms with van der Waals surface area (Å²) in [6, 6.07) is 0. The Hall–Kier alpha value is -0.240. The molecule has 2 unspecified atom stereocenters. The quantitative estimate of drug-likeness (QED) is 0.613. The second kappa shape index (κ2) is 6.37. The predicted octanol–water partition coefficient (Wildman–Crippen LogP) is -0.286. The van der Waals surface area contributed by atoms with Crippen LogP contribution in [0, 0.1) is 0 Å². The molecular weight excluding hydrogens is 200 g/mol. The van der Waals surface area contributed by atoms with Crippen molar-refractivity contribution in [2.24, 2.45) is 0 Å². The van der Waals surface area contributed by atoms with E-state index in [4.69, 9.17) is 18.9 Å². The number of hydrogen-bond acceptors (Lipinski definition) is 6. The summed E-state index contributed by atoms with van der Waals surface area (Å²) < 4.78 is 21.0. The molecule has 2 atom stereocenters. The Kier molecular flexibility index (Phi) is 5.44. The molecule has 90 valence electrons. The molecule has 0 saturated carbocycles. The third-order valence-electron chi connectivity index (χ3n) is 2.40. The first-order valence-electron chi connectivity index (χ1n) is 4.80. The normalized spacial score (nSPS) is 28.8. The molecule has 0 aromatic carbocycles. The molecule has 0 radical (unpaired) electrons. The number of rotatable bonds is 6. The van der Waals surface area contributed by atoms with Crippen molar-refractivity contribution in [3.8, 4) is 0 Å². The zero-order valence-corrected chi connectivity index (χ0v) is 9.80. The van der Waals surface area contributed by atoms with Crippen molar-refractivity contribution in [1.29, 1.82) is 0 Å².